The van der Waals surface area contributed by atoms with E-state index in [2.05, 4.69) is 35.7 Å². The highest BCUT2D eigenvalue weighted by atomic mass is 15.0. The van der Waals surface area contributed by atoms with E-state index in [9.17, 15) is 0 Å². The Balaban J connectivity index is 1.85. The van der Waals surface area contributed by atoms with E-state index in [1.54, 1.807) is 0 Å². The van der Waals surface area contributed by atoms with Crippen LogP contribution in [0.4, 0.5) is 0 Å². The standard InChI is InChI=1S/C19H27N/c1-3-5-7-10-16-11-9-13-19-18(16)15-14-17(20-19)12-8-6-4-2/h1,5-7,16-20H,2,8-15H2/b7-5-. The number of hydrogen-bond acceptors (Lipinski definition) is 1. The molecule has 1 nitrogen and oxygen atoms in total. The summed E-state index contributed by atoms with van der Waals surface area (Å²) in [5.74, 6) is 4.30. The minimum Gasteiger partial charge on any atom is -0.311 e. The highest BCUT2D eigenvalue weighted by molar-refractivity contribution is 5.09. The second-order valence-electron chi connectivity index (χ2n) is 6.19. The van der Waals surface area contributed by atoms with E-state index in [0.29, 0.717) is 6.04 Å². The zero-order valence-electron chi connectivity index (χ0n) is 12.5. The van der Waals surface area contributed by atoms with Crippen LogP contribution in [0.3, 0.4) is 0 Å². The summed E-state index contributed by atoms with van der Waals surface area (Å²) in [5, 5.41) is 3.90. The number of fused-ring (bicyclic) bond motifs is 1. The van der Waals surface area contributed by atoms with Crippen LogP contribution in [0.2, 0.25) is 0 Å². The molecule has 0 amide bonds. The van der Waals surface area contributed by atoms with E-state index in [0.717, 1.165) is 30.7 Å². The Hall–Kier alpha value is -1.22. The SMILES string of the molecule is C#C/C=C\CC1CCCC2NC(CCC=C=C)CCC12. The Morgan fingerprint density at radius 1 is 1.25 bits per heavy atom. The summed E-state index contributed by atoms with van der Waals surface area (Å²) in [6, 6.07) is 1.43. The molecule has 1 saturated carbocycles. The van der Waals surface area contributed by atoms with Gasteiger partial charge in [0.15, 0.2) is 0 Å². The van der Waals surface area contributed by atoms with Crippen LogP contribution < -0.4 is 5.32 Å². The number of piperidine rings is 1. The summed E-state index contributed by atoms with van der Waals surface area (Å²) in [6.45, 7) is 3.63. The quantitative estimate of drug-likeness (QED) is 0.582. The van der Waals surface area contributed by atoms with Gasteiger partial charge in [-0.05, 0) is 68.9 Å². The van der Waals surface area contributed by atoms with E-state index < -0.39 is 0 Å². The fraction of sp³-hybridized carbons (Fsp3) is 0.632. The van der Waals surface area contributed by atoms with Gasteiger partial charge in [-0.3, -0.25) is 0 Å². The highest BCUT2D eigenvalue weighted by Crippen LogP contribution is 2.39. The summed E-state index contributed by atoms with van der Waals surface area (Å²) >= 11 is 0. The maximum absolute atomic E-state index is 5.29. The van der Waals surface area contributed by atoms with Crippen LogP contribution in [0.5, 0.6) is 0 Å². The van der Waals surface area contributed by atoms with Gasteiger partial charge in [-0.2, -0.15) is 0 Å². The lowest BCUT2D eigenvalue weighted by atomic mass is 9.69. The molecule has 1 heteroatoms. The van der Waals surface area contributed by atoms with Crippen molar-refractivity contribution in [2.75, 3.05) is 0 Å². The average Bonchev–Trinajstić information content (AvgIpc) is 2.48. The van der Waals surface area contributed by atoms with E-state index in [1.807, 2.05) is 6.08 Å². The molecule has 0 radical (unpaired) electrons. The topological polar surface area (TPSA) is 12.0 Å². The third-order valence-corrected chi connectivity index (χ3v) is 4.97. The lowest BCUT2D eigenvalue weighted by Gasteiger charge is -2.44. The molecule has 1 saturated heterocycles. The van der Waals surface area contributed by atoms with Crippen molar-refractivity contribution in [3.63, 3.8) is 0 Å². The fourth-order valence-electron chi connectivity index (χ4n) is 4.00. The predicted molar refractivity (Wildman–Crippen MR) is 86.3 cm³/mol. The molecule has 0 spiro atoms. The second-order valence-corrected chi connectivity index (χ2v) is 6.19. The van der Waals surface area contributed by atoms with E-state index in [4.69, 9.17) is 6.42 Å². The van der Waals surface area contributed by atoms with Gasteiger partial charge in [0.05, 0.1) is 0 Å². The number of terminal acetylenes is 1. The highest BCUT2D eigenvalue weighted by Gasteiger charge is 2.36. The number of hydrogen-bond donors (Lipinski definition) is 1. The van der Waals surface area contributed by atoms with Crippen molar-refractivity contribution in [2.45, 2.75) is 63.5 Å². The Morgan fingerprint density at radius 3 is 2.95 bits per heavy atom. The van der Waals surface area contributed by atoms with Crippen LogP contribution in [0, 0.1) is 24.2 Å². The largest absolute Gasteiger partial charge is 0.311 e. The molecule has 2 aliphatic rings. The van der Waals surface area contributed by atoms with Gasteiger partial charge in [0.25, 0.3) is 0 Å². The summed E-state index contributed by atoms with van der Waals surface area (Å²) in [4.78, 5) is 0. The molecule has 2 fully saturated rings. The zero-order chi connectivity index (χ0) is 14.2. The van der Waals surface area contributed by atoms with Gasteiger partial charge in [-0.25, -0.2) is 0 Å². The van der Waals surface area contributed by atoms with Crippen LogP contribution in [-0.2, 0) is 0 Å². The third-order valence-electron chi connectivity index (χ3n) is 4.97. The van der Waals surface area contributed by atoms with Crippen LogP contribution in [0.25, 0.3) is 0 Å². The molecule has 0 aromatic heterocycles. The van der Waals surface area contributed by atoms with Gasteiger partial charge < -0.3 is 5.32 Å². The Bertz CT molecular complexity index is 408. The second kappa shape index (κ2) is 8.15. The Morgan fingerprint density at radius 2 is 2.15 bits per heavy atom. The first-order valence-electron chi connectivity index (χ1n) is 8.06. The fourth-order valence-corrected chi connectivity index (χ4v) is 4.00. The summed E-state index contributed by atoms with van der Waals surface area (Å²) in [6.07, 6.45) is 21.7. The van der Waals surface area contributed by atoms with E-state index in [1.165, 1.54) is 38.5 Å². The molecule has 2 rings (SSSR count). The number of rotatable bonds is 5. The molecule has 0 bridgehead atoms. The summed E-state index contributed by atoms with van der Waals surface area (Å²) in [5.41, 5.74) is 2.87. The van der Waals surface area contributed by atoms with Crippen LogP contribution in [0.15, 0.2) is 30.5 Å². The minimum absolute atomic E-state index is 0.695. The van der Waals surface area contributed by atoms with Crippen LogP contribution in [0.1, 0.15) is 51.4 Å². The summed E-state index contributed by atoms with van der Waals surface area (Å²) < 4.78 is 0. The maximum atomic E-state index is 5.29. The monoisotopic (exact) mass is 269 g/mol. The van der Waals surface area contributed by atoms with Crippen LogP contribution >= 0.6 is 0 Å². The lowest BCUT2D eigenvalue weighted by Crippen LogP contribution is -2.51. The molecule has 0 aromatic carbocycles. The molecule has 4 unspecified atom stereocenters. The molecule has 20 heavy (non-hydrogen) atoms. The summed E-state index contributed by atoms with van der Waals surface area (Å²) in [7, 11) is 0. The molecular weight excluding hydrogens is 242 g/mol. The smallest absolute Gasteiger partial charge is 0.0101 e. The van der Waals surface area contributed by atoms with Crippen molar-refractivity contribution in [1.82, 2.24) is 5.32 Å². The van der Waals surface area contributed by atoms with Gasteiger partial charge in [-0.15, -0.1) is 12.2 Å². The molecule has 1 heterocycles. The molecule has 1 aliphatic carbocycles. The normalized spacial score (nSPS) is 33.1. The zero-order valence-corrected chi connectivity index (χ0v) is 12.5. The van der Waals surface area contributed by atoms with Crippen LogP contribution in [-0.4, -0.2) is 12.1 Å². The van der Waals surface area contributed by atoms with Gasteiger partial charge in [-0.1, -0.05) is 25.0 Å². The first-order valence-corrected chi connectivity index (χ1v) is 8.06. The van der Waals surface area contributed by atoms with E-state index >= 15 is 0 Å². The molecule has 1 aliphatic heterocycles. The van der Waals surface area contributed by atoms with Gasteiger partial charge in [0, 0.05) is 12.1 Å². The van der Waals surface area contributed by atoms with Gasteiger partial charge in [0.2, 0.25) is 0 Å². The molecular formula is C19H27N. The Labute approximate surface area is 124 Å². The first-order chi connectivity index (χ1) is 9.85. The van der Waals surface area contributed by atoms with Gasteiger partial charge in [0.1, 0.15) is 0 Å². The van der Waals surface area contributed by atoms with Crippen molar-refractivity contribution in [2.24, 2.45) is 11.8 Å². The minimum atomic E-state index is 0.695. The Kier molecular flexibility index (Phi) is 6.19. The first kappa shape index (κ1) is 15.2. The van der Waals surface area contributed by atoms with Crippen molar-refractivity contribution in [3.8, 4) is 12.3 Å². The molecule has 0 aromatic rings. The molecule has 108 valence electrons. The van der Waals surface area contributed by atoms with Gasteiger partial charge >= 0.3 is 0 Å². The van der Waals surface area contributed by atoms with Crippen molar-refractivity contribution >= 4 is 0 Å². The predicted octanol–water partition coefficient (Wildman–Crippen LogP) is 4.22. The number of nitrogens with one attached hydrogen (secondary N) is 1. The molecule has 1 N–H and O–H groups in total. The van der Waals surface area contributed by atoms with Crippen molar-refractivity contribution < 1.29 is 0 Å². The lowest BCUT2D eigenvalue weighted by molar-refractivity contribution is 0.114. The third kappa shape index (κ3) is 4.14. The average molecular weight is 269 g/mol. The van der Waals surface area contributed by atoms with Crippen molar-refractivity contribution in [1.29, 1.82) is 0 Å². The molecule has 4 atom stereocenters. The number of allylic oxidation sites excluding steroid dienone is 3. The maximum Gasteiger partial charge on any atom is 0.0101 e. The van der Waals surface area contributed by atoms with E-state index in [-0.39, 0.29) is 0 Å². The van der Waals surface area contributed by atoms with Crippen molar-refractivity contribution in [3.05, 3.63) is 30.5 Å².